The largest absolute Gasteiger partial charge is 0.396 e. The summed E-state index contributed by atoms with van der Waals surface area (Å²) in [7, 11) is 0. The number of aliphatic hydroxyl groups is 4. The molecule has 1 aliphatic heterocycles. The second-order valence-electron chi connectivity index (χ2n) is 3.22. The maximum Gasteiger partial charge on any atom is 0.111 e. The molecule has 0 amide bonds. The fourth-order valence-corrected chi connectivity index (χ4v) is 1.44. The standard InChI is InChI=1S/C7H15NO4/c9-2-1-7(12)4-8-3-5(10)6(7)11/h5-6,8-12H,1-4H2/t5-,6-,7+/m1/s1. The molecule has 0 aliphatic carbocycles. The number of hydrogen-bond acceptors (Lipinski definition) is 5. The molecule has 5 N–H and O–H groups in total. The van der Waals surface area contributed by atoms with Crippen molar-refractivity contribution in [2.24, 2.45) is 0 Å². The normalized spacial score (nSPS) is 43.0. The van der Waals surface area contributed by atoms with E-state index < -0.39 is 17.8 Å². The zero-order chi connectivity index (χ0) is 9.19. The van der Waals surface area contributed by atoms with Gasteiger partial charge in [-0.1, -0.05) is 0 Å². The van der Waals surface area contributed by atoms with Crippen molar-refractivity contribution < 1.29 is 20.4 Å². The monoisotopic (exact) mass is 177 g/mol. The molecule has 0 aromatic heterocycles. The Labute approximate surface area is 70.6 Å². The molecule has 0 unspecified atom stereocenters. The van der Waals surface area contributed by atoms with Gasteiger partial charge in [0.15, 0.2) is 0 Å². The van der Waals surface area contributed by atoms with Gasteiger partial charge in [0.25, 0.3) is 0 Å². The first-order chi connectivity index (χ1) is 5.60. The van der Waals surface area contributed by atoms with E-state index in [1.54, 1.807) is 0 Å². The first-order valence-corrected chi connectivity index (χ1v) is 4.00. The van der Waals surface area contributed by atoms with E-state index in [2.05, 4.69) is 5.32 Å². The summed E-state index contributed by atoms with van der Waals surface area (Å²) in [6, 6.07) is 0. The van der Waals surface area contributed by atoms with E-state index >= 15 is 0 Å². The highest BCUT2D eigenvalue weighted by Crippen LogP contribution is 2.20. The smallest absolute Gasteiger partial charge is 0.111 e. The fraction of sp³-hybridized carbons (Fsp3) is 1.00. The van der Waals surface area contributed by atoms with Crippen LogP contribution in [0.5, 0.6) is 0 Å². The molecule has 72 valence electrons. The van der Waals surface area contributed by atoms with Gasteiger partial charge in [-0.3, -0.25) is 0 Å². The van der Waals surface area contributed by atoms with Gasteiger partial charge >= 0.3 is 0 Å². The topological polar surface area (TPSA) is 93.0 Å². The van der Waals surface area contributed by atoms with Crippen molar-refractivity contribution >= 4 is 0 Å². The van der Waals surface area contributed by atoms with Crippen molar-refractivity contribution in [3.05, 3.63) is 0 Å². The van der Waals surface area contributed by atoms with E-state index in [-0.39, 0.29) is 26.1 Å². The van der Waals surface area contributed by atoms with Crippen LogP contribution in [0.15, 0.2) is 0 Å². The van der Waals surface area contributed by atoms with Crippen LogP contribution >= 0.6 is 0 Å². The molecule has 0 bridgehead atoms. The van der Waals surface area contributed by atoms with Gasteiger partial charge in [-0.05, 0) is 0 Å². The Hall–Kier alpha value is -0.200. The highest BCUT2D eigenvalue weighted by Gasteiger charge is 2.42. The first-order valence-electron chi connectivity index (χ1n) is 4.00. The van der Waals surface area contributed by atoms with Crippen LogP contribution in [0.3, 0.4) is 0 Å². The van der Waals surface area contributed by atoms with Crippen LogP contribution in [-0.2, 0) is 0 Å². The lowest BCUT2D eigenvalue weighted by molar-refractivity contribution is -0.147. The molecule has 0 spiro atoms. The second kappa shape index (κ2) is 3.68. The molecule has 1 saturated heterocycles. The molecule has 5 heteroatoms. The van der Waals surface area contributed by atoms with Crippen LogP contribution in [0, 0.1) is 0 Å². The van der Waals surface area contributed by atoms with Gasteiger partial charge in [-0.15, -0.1) is 0 Å². The fourth-order valence-electron chi connectivity index (χ4n) is 1.44. The van der Waals surface area contributed by atoms with Crippen LogP contribution in [0.1, 0.15) is 6.42 Å². The number of rotatable bonds is 2. The van der Waals surface area contributed by atoms with Crippen LogP contribution in [-0.4, -0.2) is 57.9 Å². The van der Waals surface area contributed by atoms with Crippen molar-refractivity contribution in [3.8, 4) is 0 Å². The van der Waals surface area contributed by atoms with Gasteiger partial charge in [-0.2, -0.15) is 0 Å². The average molecular weight is 177 g/mol. The highest BCUT2D eigenvalue weighted by molar-refractivity contribution is 4.96. The molecule has 1 aliphatic rings. The molecule has 12 heavy (non-hydrogen) atoms. The number of β-amino-alcohol motifs (C(OH)–C–C–N with tert-alkyl or cyclic N) is 2. The van der Waals surface area contributed by atoms with Crippen LogP contribution in [0.4, 0.5) is 0 Å². The van der Waals surface area contributed by atoms with Gasteiger partial charge in [0.2, 0.25) is 0 Å². The number of nitrogens with one attached hydrogen (secondary N) is 1. The van der Waals surface area contributed by atoms with Crippen molar-refractivity contribution in [1.82, 2.24) is 5.32 Å². The molecule has 0 aromatic rings. The van der Waals surface area contributed by atoms with E-state index in [0.717, 1.165) is 0 Å². The molecule has 0 aromatic carbocycles. The molecule has 0 radical (unpaired) electrons. The van der Waals surface area contributed by atoms with Crippen molar-refractivity contribution in [2.45, 2.75) is 24.2 Å². The summed E-state index contributed by atoms with van der Waals surface area (Å²) in [5.41, 5.74) is -1.40. The zero-order valence-electron chi connectivity index (χ0n) is 6.77. The molecule has 1 heterocycles. The van der Waals surface area contributed by atoms with E-state index in [0.29, 0.717) is 0 Å². The van der Waals surface area contributed by atoms with Crippen LogP contribution in [0.2, 0.25) is 0 Å². The Bertz CT molecular complexity index is 150. The summed E-state index contributed by atoms with van der Waals surface area (Å²) >= 11 is 0. The predicted molar refractivity (Wildman–Crippen MR) is 41.5 cm³/mol. The van der Waals surface area contributed by atoms with Gasteiger partial charge in [-0.25, -0.2) is 0 Å². The summed E-state index contributed by atoms with van der Waals surface area (Å²) < 4.78 is 0. The SMILES string of the molecule is OCC[C@]1(O)CNC[C@@H](O)[C@H]1O. The predicted octanol–water partition coefficient (Wildman–Crippen LogP) is -2.58. The number of piperidine rings is 1. The summed E-state index contributed by atoms with van der Waals surface area (Å²) in [6.07, 6.45) is -2.07. The second-order valence-corrected chi connectivity index (χ2v) is 3.22. The van der Waals surface area contributed by atoms with Gasteiger partial charge in [0, 0.05) is 26.1 Å². The third-order valence-corrected chi connectivity index (χ3v) is 2.24. The number of aliphatic hydroxyl groups excluding tert-OH is 3. The third kappa shape index (κ3) is 1.75. The Kier molecular flexibility index (Phi) is 3.03. The molecule has 3 atom stereocenters. The summed E-state index contributed by atoms with van der Waals surface area (Å²) in [5, 5.41) is 39.6. The Balaban J connectivity index is 2.60. The molecule has 1 fully saturated rings. The summed E-state index contributed by atoms with van der Waals surface area (Å²) in [4.78, 5) is 0. The molecular weight excluding hydrogens is 162 g/mol. The highest BCUT2D eigenvalue weighted by atomic mass is 16.4. The lowest BCUT2D eigenvalue weighted by Crippen LogP contribution is -2.62. The minimum absolute atomic E-state index is 0.0677. The Morgan fingerprint density at radius 3 is 2.67 bits per heavy atom. The average Bonchev–Trinajstić information content (AvgIpc) is 2.01. The Morgan fingerprint density at radius 1 is 1.42 bits per heavy atom. The third-order valence-electron chi connectivity index (χ3n) is 2.24. The van der Waals surface area contributed by atoms with Crippen molar-refractivity contribution in [2.75, 3.05) is 19.7 Å². The van der Waals surface area contributed by atoms with Crippen LogP contribution in [0.25, 0.3) is 0 Å². The molecular formula is C7H15NO4. The lowest BCUT2D eigenvalue weighted by atomic mass is 9.86. The van der Waals surface area contributed by atoms with Crippen molar-refractivity contribution in [1.29, 1.82) is 0 Å². The van der Waals surface area contributed by atoms with E-state index in [1.165, 1.54) is 0 Å². The van der Waals surface area contributed by atoms with Gasteiger partial charge in [0.1, 0.15) is 11.7 Å². The summed E-state index contributed by atoms with van der Waals surface area (Å²) in [5.74, 6) is 0. The van der Waals surface area contributed by atoms with E-state index in [1.807, 2.05) is 0 Å². The van der Waals surface area contributed by atoms with E-state index in [9.17, 15) is 15.3 Å². The molecule has 5 nitrogen and oxygen atoms in total. The van der Waals surface area contributed by atoms with Crippen molar-refractivity contribution in [3.63, 3.8) is 0 Å². The minimum atomic E-state index is -1.40. The Morgan fingerprint density at radius 2 is 2.08 bits per heavy atom. The summed E-state index contributed by atoms with van der Waals surface area (Å²) in [6.45, 7) is 0.267. The van der Waals surface area contributed by atoms with Gasteiger partial charge < -0.3 is 25.7 Å². The van der Waals surface area contributed by atoms with Gasteiger partial charge in [0.05, 0.1) is 6.10 Å². The van der Waals surface area contributed by atoms with E-state index in [4.69, 9.17) is 5.11 Å². The van der Waals surface area contributed by atoms with Crippen LogP contribution < -0.4 is 5.32 Å². The maximum absolute atomic E-state index is 9.68. The lowest BCUT2D eigenvalue weighted by Gasteiger charge is -2.39. The number of hydrogen-bond donors (Lipinski definition) is 5. The quantitative estimate of drug-likeness (QED) is 0.319. The molecule has 1 rings (SSSR count). The molecule has 0 saturated carbocycles. The first kappa shape index (κ1) is 9.88. The minimum Gasteiger partial charge on any atom is -0.396 e. The zero-order valence-corrected chi connectivity index (χ0v) is 6.77. The maximum atomic E-state index is 9.68.